The minimum atomic E-state index is -0.288. The number of rotatable bonds is 7. The van der Waals surface area contributed by atoms with Crippen LogP contribution < -0.4 is 10.2 Å². The highest BCUT2D eigenvalue weighted by Gasteiger charge is 2.07. The summed E-state index contributed by atoms with van der Waals surface area (Å²) in [7, 11) is 0. The van der Waals surface area contributed by atoms with Gasteiger partial charge in [0, 0.05) is 17.0 Å². The van der Waals surface area contributed by atoms with E-state index in [4.69, 9.17) is 4.74 Å². The summed E-state index contributed by atoms with van der Waals surface area (Å²) >= 11 is 1.24. The lowest BCUT2D eigenvalue weighted by atomic mass is 10.2. The molecular formula is C17H20N4O3S. The number of carbonyl (C=O) groups excluding carboxylic acids is 1. The van der Waals surface area contributed by atoms with Crippen molar-refractivity contribution in [1.82, 2.24) is 15.4 Å². The summed E-state index contributed by atoms with van der Waals surface area (Å²) in [5, 5.41) is 14.5. The molecule has 1 heterocycles. The third-order valence-electron chi connectivity index (χ3n) is 3.02. The molecule has 2 N–H and O–H groups in total. The average molecular weight is 360 g/mol. The normalized spacial score (nSPS) is 10.8. The number of phenols is 1. The van der Waals surface area contributed by atoms with Gasteiger partial charge in [0.2, 0.25) is 0 Å². The Morgan fingerprint density at radius 2 is 2.08 bits per heavy atom. The molecule has 2 aromatic rings. The average Bonchev–Trinajstić information content (AvgIpc) is 2.56. The summed E-state index contributed by atoms with van der Waals surface area (Å²) in [4.78, 5) is 20.4. The molecule has 0 bridgehead atoms. The number of phenolic OH excluding ortho intramolecular Hbond substituents is 1. The number of aromatic hydroxyl groups is 1. The molecule has 1 aromatic carbocycles. The Balaban J connectivity index is 1.89. The van der Waals surface area contributed by atoms with E-state index in [1.165, 1.54) is 18.0 Å². The van der Waals surface area contributed by atoms with Crippen molar-refractivity contribution in [2.45, 2.75) is 25.9 Å². The van der Waals surface area contributed by atoms with E-state index in [-0.39, 0.29) is 17.4 Å². The van der Waals surface area contributed by atoms with Gasteiger partial charge in [-0.3, -0.25) is 4.79 Å². The number of carbonyl (C=O) groups is 1. The molecule has 0 saturated heterocycles. The molecule has 1 aromatic heterocycles. The first-order chi connectivity index (χ1) is 12.0. The van der Waals surface area contributed by atoms with Crippen LogP contribution in [0, 0.1) is 13.8 Å². The molecule has 8 heteroatoms. The van der Waals surface area contributed by atoms with E-state index in [9.17, 15) is 9.90 Å². The molecule has 25 heavy (non-hydrogen) atoms. The van der Waals surface area contributed by atoms with Gasteiger partial charge in [0.25, 0.3) is 5.91 Å². The highest BCUT2D eigenvalue weighted by molar-refractivity contribution is 7.99. The van der Waals surface area contributed by atoms with Gasteiger partial charge >= 0.3 is 0 Å². The van der Waals surface area contributed by atoms with Crippen molar-refractivity contribution >= 4 is 23.9 Å². The number of para-hydroxylation sites is 1. The maximum Gasteiger partial charge on any atom is 0.250 e. The van der Waals surface area contributed by atoms with Gasteiger partial charge in [-0.1, -0.05) is 17.8 Å². The number of ether oxygens (including phenoxy) is 1. The standard InChI is InChI=1S/C17H20N4O3S/c1-4-24-14-7-5-6-13(16(14)23)9-18-21-15(22)10-25-17-19-11(2)8-12(3)20-17/h5-9,23H,4,10H2,1-3H3,(H,21,22)/b18-9-. The first kappa shape index (κ1) is 18.7. The fourth-order valence-corrected chi connectivity index (χ4v) is 2.75. The summed E-state index contributed by atoms with van der Waals surface area (Å²) in [6, 6.07) is 6.94. The summed E-state index contributed by atoms with van der Waals surface area (Å²) in [5.74, 6) is 0.218. The number of hydrazone groups is 1. The lowest BCUT2D eigenvalue weighted by Gasteiger charge is -2.07. The number of benzene rings is 1. The van der Waals surface area contributed by atoms with E-state index < -0.39 is 0 Å². The fourth-order valence-electron chi connectivity index (χ4n) is 2.01. The quantitative estimate of drug-likeness (QED) is 0.341. The Hall–Kier alpha value is -2.61. The van der Waals surface area contributed by atoms with E-state index in [1.807, 2.05) is 26.8 Å². The van der Waals surface area contributed by atoms with Gasteiger partial charge < -0.3 is 9.84 Å². The minimum absolute atomic E-state index is 0.0136. The van der Waals surface area contributed by atoms with Crippen LogP contribution >= 0.6 is 11.8 Å². The third kappa shape index (κ3) is 5.75. The lowest BCUT2D eigenvalue weighted by molar-refractivity contribution is -0.118. The zero-order valence-corrected chi connectivity index (χ0v) is 15.1. The number of thioether (sulfide) groups is 1. The molecule has 0 aliphatic heterocycles. The van der Waals surface area contributed by atoms with E-state index >= 15 is 0 Å². The Morgan fingerprint density at radius 1 is 1.36 bits per heavy atom. The van der Waals surface area contributed by atoms with Gasteiger partial charge in [-0.25, -0.2) is 15.4 Å². The van der Waals surface area contributed by atoms with Gasteiger partial charge in [-0.15, -0.1) is 0 Å². The number of aromatic nitrogens is 2. The van der Waals surface area contributed by atoms with Crippen LogP contribution in [0.4, 0.5) is 0 Å². The molecular weight excluding hydrogens is 340 g/mol. The zero-order valence-electron chi connectivity index (χ0n) is 14.3. The van der Waals surface area contributed by atoms with Crippen molar-refractivity contribution in [1.29, 1.82) is 0 Å². The zero-order chi connectivity index (χ0) is 18.2. The highest BCUT2D eigenvalue weighted by atomic mass is 32.2. The van der Waals surface area contributed by atoms with Crippen LogP contribution in [0.2, 0.25) is 0 Å². The number of nitrogens with one attached hydrogen (secondary N) is 1. The van der Waals surface area contributed by atoms with Crippen LogP contribution in [-0.4, -0.2) is 39.6 Å². The van der Waals surface area contributed by atoms with Crippen molar-refractivity contribution in [3.8, 4) is 11.5 Å². The molecule has 0 unspecified atom stereocenters. The second-order valence-corrected chi connectivity index (χ2v) is 6.08. The first-order valence-electron chi connectivity index (χ1n) is 7.71. The largest absolute Gasteiger partial charge is 0.504 e. The van der Waals surface area contributed by atoms with Crippen molar-refractivity contribution in [2.24, 2.45) is 5.10 Å². The molecule has 1 amide bonds. The second-order valence-electron chi connectivity index (χ2n) is 5.14. The molecule has 0 spiro atoms. The predicted octanol–water partition coefficient (Wildman–Crippen LogP) is 2.44. The smallest absolute Gasteiger partial charge is 0.250 e. The molecule has 132 valence electrons. The molecule has 0 saturated carbocycles. The minimum Gasteiger partial charge on any atom is -0.504 e. The molecule has 2 rings (SSSR count). The van der Waals surface area contributed by atoms with E-state index in [0.29, 0.717) is 23.1 Å². The molecule has 0 aliphatic carbocycles. The van der Waals surface area contributed by atoms with Gasteiger partial charge in [0.05, 0.1) is 18.6 Å². The molecule has 0 aliphatic rings. The van der Waals surface area contributed by atoms with Crippen LogP contribution in [0.5, 0.6) is 11.5 Å². The first-order valence-corrected chi connectivity index (χ1v) is 8.70. The Morgan fingerprint density at radius 3 is 2.76 bits per heavy atom. The summed E-state index contributed by atoms with van der Waals surface area (Å²) in [6.45, 7) is 6.04. The maximum absolute atomic E-state index is 11.8. The topological polar surface area (TPSA) is 96.7 Å². The number of amides is 1. The van der Waals surface area contributed by atoms with Crippen LogP contribution in [0.15, 0.2) is 34.5 Å². The van der Waals surface area contributed by atoms with Gasteiger partial charge in [-0.2, -0.15) is 5.10 Å². The number of nitrogens with zero attached hydrogens (tertiary/aromatic N) is 3. The van der Waals surface area contributed by atoms with E-state index in [2.05, 4.69) is 20.5 Å². The number of hydrogen-bond donors (Lipinski definition) is 2. The lowest BCUT2D eigenvalue weighted by Crippen LogP contribution is -2.19. The third-order valence-corrected chi connectivity index (χ3v) is 3.86. The molecule has 7 nitrogen and oxygen atoms in total. The van der Waals surface area contributed by atoms with Gasteiger partial charge in [-0.05, 0) is 39.0 Å². The van der Waals surface area contributed by atoms with Crippen LogP contribution in [-0.2, 0) is 4.79 Å². The van der Waals surface area contributed by atoms with Crippen LogP contribution in [0.25, 0.3) is 0 Å². The van der Waals surface area contributed by atoms with Gasteiger partial charge in [0.15, 0.2) is 16.7 Å². The number of aryl methyl sites for hydroxylation is 2. The fraction of sp³-hybridized carbons (Fsp3) is 0.294. The summed E-state index contributed by atoms with van der Waals surface area (Å²) < 4.78 is 5.30. The molecule has 0 fully saturated rings. The summed E-state index contributed by atoms with van der Waals surface area (Å²) in [6.07, 6.45) is 1.37. The number of hydrogen-bond acceptors (Lipinski definition) is 7. The monoisotopic (exact) mass is 360 g/mol. The Labute approximate surface area is 150 Å². The van der Waals surface area contributed by atoms with Crippen molar-refractivity contribution in [2.75, 3.05) is 12.4 Å². The van der Waals surface area contributed by atoms with Crippen molar-refractivity contribution in [3.63, 3.8) is 0 Å². The van der Waals surface area contributed by atoms with Gasteiger partial charge in [0.1, 0.15) is 0 Å². The SMILES string of the molecule is CCOc1cccc(/C=N\NC(=O)CSc2nc(C)cc(C)n2)c1O. The molecule has 0 radical (unpaired) electrons. The second kappa shape index (κ2) is 9.03. The Kier molecular flexibility index (Phi) is 6.76. The van der Waals surface area contributed by atoms with Crippen LogP contribution in [0.1, 0.15) is 23.9 Å². The van der Waals surface area contributed by atoms with Crippen LogP contribution in [0.3, 0.4) is 0 Å². The van der Waals surface area contributed by atoms with Crippen molar-refractivity contribution in [3.05, 3.63) is 41.2 Å². The van der Waals surface area contributed by atoms with E-state index in [1.54, 1.807) is 18.2 Å². The maximum atomic E-state index is 11.8. The van der Waals surface area contributed by atoms with Crippen molar-refractivity contribution < 1.29 is 14.6 Å². The molecule has 0 atom stereocenters. The van der Waals surface area contributed by atoms with E-state index in [0.717, 1.165) is 11.4 Å². The Bertz CT molecular complexity index is 760. The highest BCUT2D eigenvalue weighted by Crippen LogP contribution is 2.28. The predicted molar refractivity (Wildman–Crippen MR) is 97.2 cm³/mol. The summed E-state index contributed by atoms with van der Waals surface area (Å²) in [5.41, 5.74) is 4.59.